The molecule has 0 spiro atoms. The summed E-state index contributed by atoms with van der Waals surface area (Å²) in [6.45, 7) is 0. The molecule has 1 amide bonds. The summed E-state index contributed by atoms with van der Waals surface area (Å²) in [7, 11) is 1.47. The number of nitrogens with two attached hydrogens (primary N) is 1. The number of amides is 1. The topological polar surface area (TPSA) is 89.3 Å². The Morgan fingerprint density at radius 1 is 1.50 bits per heavy atom. The van der Waals surface area contributed by atoms with E-state index in [1.54, 1.807) is 0 Å². The van der Waals surface area contributed by atoms with E-state index < -0.39 is 12.0 Å². The van der Waals surface area contributed by atoms with Crippen molar-refractivity contribution in [1.29, 1.82) is 0 Å². The zero-order chi connectivity index (χ0) is 12.1. The van der Waals surface area contributed by atoms with Crippen LogP contribution in [0.3, 0.4) is 0 Å². The first-order chi connectivity index (χ1) is 7.60. The van der Waals surface area contributed by atoms with Gasteiger partial charge in [-0.05, 0) is 18.8 Å². The Kier molecular flexibility index (Phi) is 4.61. The second kappa shape index (κ2) is 5.75. The van der Waals surface area contributed by atoms with E-state index in [0.717, 1.165) is 19.3 Å². The first-order valence-electron chi connectivity index (χ1n) is 5.55. The van der Waals surface area contributed by atoms with Crippen LogP contribution in [0.15, 0.2) is 0 Å². The van der Waals surface area contributed by atoms with Gasteiger partial charge in [-0.25, -0.2) is 0 Å². The molecule has 0 aromatic carbocycles. The monoisotopic (exact) mass is 226 g/mol. The number of hydrogen-bond donors (Lipinski definition) is 2. The molecule has 0 aromatic rings. The maximum atomic E-state index is 11.8. The number of carbonyl (C=O) groups is 3. The van der Waals surface area contributed by atoms with Gasteiger partial charge in [0.1, 0.15) is 6.29 Å². The molecule has 1 aliphatic rings. The Bertz CT molecular complexity index is 287. The minimum Gasteiger partial charge on any atom is -0.359 e. The quantitative estimate of drug-likeness (QED) is 0.478. The van der Waals surface area contributed by atoms with Crippen LogP contribution in [0.4, 0.5) is 0 Å². The zero-order valence-corrected chi connectivity index (χ0v) is 9.44. The van der Waals surface area contributed by atoms with E-state index >= 15 is 0 Å². The summed E-state index contributed by atoms with van der Waals surface area (Å²) in [6, 6.07) is -0.589. The Hall–Kier alpha value is -1.23. The first-order valence-corrected chi connectivity index (χ1v) is 5.55. The minimum atomic E-state index is -0.893. The molecule has 1 saturated carbocycles. The third-order valence-corrected chi connectivity index (χ3v) is 3.20. The maximum Gasteiger partial charge on any atom is 0.220 e. The molecule has 90 valence electrons. The van der Waals surface area contributed by atoms with Crippen LogP contribution in [0.1, 0.15) is 25.7 Å². The molecule has 0 aromatic heterocycles. The third kappa shape index (κ3) is 2.88. The highest BCUT2D eigenvalue weighted by molar-refractivity contribution is 6.00. The van der Waals surface area contributed by atoms with Crippen molar-refractivity contribution in [2.75, 3.05) is 7.05 Å². The summed E-state index contributed by atoms with van der Waals surface area (Å²) in [5.74, 6) is -1.32. The van der Waals surface area contributed by atoms with Gasteiger partial charge in [0.15, 0.2) is 5.78 Å². The number of hydrogen-bond acceptors (Lipinski definition) is 4. The SMILES string of the molecule is CNC(=O)CC(C=O)C(=O)C(N)C1CCC1. The molecule has 5 nitrogen and oxygen atoms in total. The van der Waals surface area contributed by atoms with Crippen molar-refractivity contribution in [3.63, 3.8) is 0 Å². The maximum absolute atomic E-state index is 11.8. The van der Waals surface area contributed by atoms with E-state index in [-0.39, 0.29) is 24.0 Å². The van der Waals surface area contributed by atoms with Crippen LogP contribution in [0.5, 0.6) is 0 Å². The van der Waals surface area contributed by atoms with Gasteiger partial charge in [-0.2, -0.15) is 0 Å². The second-order valence-corrected chi connectivity index (χ2v) is 4.24. The van der Waals surface area contributed by atoms with Crippen molar-refractivity contribution < 1.29 is 14.4 Å². The summed E-state index contributed by atoms with van der Waals surface area (Å²) >= 11 is 0. The van der Waals surface area contributed by atoms with E-state index in [0.29, 0.717) is 6.29 Å². The van der Waals surface area contributed by atoms with Gasteiger partial charge in [-0.15, -0.1) is 0 Å². The molecule has 16 heavy (non-hydrogen) atoms. The van der Waals surface area contributed by atoms with Crippen LogP contribution in [-0.2, 0) is 14.4 Å². The fraction of sp³-hybridized carbons (Fsp3) is 0.727. The normalized spacial score (nSPS) is 19.4. The van der Waals surface area contributed by atoms with Crippen LogP contribution in [0.2, 0.25) is 0 Å². The van der Waals surface area contributed by atoms with Crippen LogP contribution in [0, 0.1) is 11.8 Å². The molecule has 0 saturated heterocycles. The number of nitrogens with one attached hydrogen (secondary N) is 1. The highest BCUT2D eigenvalue weighted by Gasteiger charge is 2.33. The Balaban J connectivity index is 2.53. The molecular formula is C11H18N2O3. The summed E-state index contributed by atoms with van der Waals surface area (Å²) < 4.78 is 0. The molecule has 1 fully saturated rings. The van der Waals surface area contributed by atoms with Crippen LogP contribution < -0.4 is 11.1 Å². The van der Waals surface area contributed by atoms with Gasteiger partial charge in [0, 0.05) is 13.5 Å². The Labute approximate surface area is 94.8 Å². The lowest BCUT2D eigenvalue weighted by atomic mass is 9.76. The largest absolute Gasteiger partial charge is 0.359 e. The number of rotatable bonds is 6. The fourth-order valence-electron chi connectivity index (χ4n) is 1.80. The first kappa shape index (κ1) is 12.8. The molecule has 0 radical (unpaired) electrons. The van der Waals surface area contributed by atoms with E-state index in [1.165, 1.54) is 7.05 Å². The van der Waals surface area contributed by atoms with Gasteiger partial charge >= 0.3 is 0 Å². The van der Waals surface area contributed by atoms with E-state index in [9.17, 15) is 14.4 Å². The van der Waals surface area contributed by atoms with Crippen molar-refractivity contribution in [1.82, 2.24) is 5.32 Å². The molecule has 3 N–H and O–H groups in total. The van der Waals surface area contributed by atoms with Crippen LogP contribution in [-0.4, -0.2) is 31.1 Å². The Morgan fingerprint density at radius 2 is 2.12 bits per heavy atom. The molecular weight excluding hydrogens is 208 g/mol. The molecule has 0 heterocycles. The van der Waals surface area contributed by atoms with Gasteiger partial charge in [0.2, 0.25) is 5.91 Å². The number of aldehydes is 1. The number of carbonyl (C=O) groups excluding carboxylic acids is 3. The highest BCUT2D eigenvalue weighted by Crippen LogP contribution is 2.30. The molecule has 2 atom stereocenters. The summed E-state index contributed by atoms with van der Waals surface area (Å²) in [5.41, 5.74) is 5.78. The van der Waals surface area contributed by atoms with Crippen molar-refractivity contribution >= 4 is 18.0 Å². The lowest BCUT2D eigenvalue weighted by Crippen LogP contribution is -2.45. The van der Waals surface area contributed by atoms with Crippen molar-refractivity contribution in [3.05, 3.63) is 0 Å². The fourth-order valence-corrected chi connectivity index (χ4v) is 1.80. The predicted molar refractivity (Wildman–Crippen MR) is 58.6 cm³/mol. The molecule has 1 rings (SSSR count). The minimum absolute atomic E-state index is 0.0980. The lowest BCUT2D eigenvalue weighted by molar-refractivity contribution is -0.134. The van der Waals surface area contributed by atoms with E-state index in [2.05, 4.69) is 5.32 Å². The van der Waals surface area contributed by atoms with Gasteiger partial charge < -0.3 is 15.8 Å². The van der Waals surface area contributed by atoms with E-state index in [4.69, 9.17) is 5.73 Å². The van der Waals surface area contributed by atoms with Gasteiger partial charge in [-0.1, -0.05) is 6.42 Å². The highest BCUT2D eigenvalue weighted by atomic mass is 16.2. The van der Waals surface area contributed by atoms with Gasteiger partial charge in [-0.3, -0.25) is 9.59 Å². The predicted octanol–water partition coefficient (Wildman–Crippen LogP) is -0.366. The zero-order valence-electron chi connectivity index (χ0n) is 9.44. The summed E-state index contributed by atoms with van der Waals surface area (Å²) in [4.78, 5) is 33.7. The van der Waals surface area contributed by atoms with Gasteiger partial charge in [0.05, 0.1) is 12.0 Å². The molecule has 0 aliphatic heterocycles. The number of ketones is 1. The smallest absolute Gasteiger partial charge is 0.220 e. The lowest BCUT2D eigenvalue weighted by Gasteiger charge is -2.31. The Morgan fingerprint density at radius 3 is 2.50 bits per heavy atom. The van der Waals surface area contributed by atoms with Crippen LogP contribution >= 0.6 is 0 Å². The van der Waals surface area contributed by atoms with Crippen molar-refractivity contribution in [2.24, 2.45) is 17.6 Å². The molecule has 5 heteroatoms. The van der Waals surface area contributed by atoms with Gasteiger partial charge in [0.25, 0.3) is 0 Å². The average molecular weight is 226 g/mol. The average Bonchev–Trinajstić information content (AvgIpc) is 2.21. The molecule has 2 unspecified atom stereocenters. The summed E-state index contributed by atoms with van der Waals surface area (Å²) in [5, 5.41) is 2.39. The number of Topliss-reactive ketones (excluding diaryl/α,β-unsaturated/α-hetero) is 1. The summed E-state index contributed by atoms with van der Waals surface area (Å²) in [6.07, 6.45) is 3.40. The van der Waals surface area contributed by atoms with Crippen molar-refractivity contribution in [2.45, 2.75) is 31.7 Å². The van der Waals surface area contributed by atoms with E-state index in [1.807, 2.05) is 0 Å². The molecule has 1 aliphatic carbocycles. The second-order valence-electron chi connectivity index (χ2n) is 4.24. The van der Waals surface area contributed by atoms with Crippen LogP contribution in [0.25, 0.3) is 0 Å². The van der Waals surface area contributed by atoms with Crippen molar-refractivity contribution in [3.8, 4) is 0 Å². The standard InChI is InChI=1S/C11H18N2O3/c1-13-9(15)5-8(6-14)11(16)10(12)7-3-2-4-7/h6-8,10H,2-5,12H2,1H3,(H,13,15). The third-order valence-electron chi connectivity index (χ3n) is 3.20. The molecule has 0 bridgehead atoms.